The van der Waals surface area contributed by atoms with Crippen LogP contribution in [-0.2, 0) is 19.2 Å². The molecule has 0 bridgehead atoms. The summed E-state index contributed by atoms with van der Waals surface area (Å²) >= 11 is 0. The lowest BCUT2D eigenvalue weighted by Gasteiger charge is -2.19. The zero-order chi connectivity index (χ0) is 24.1. The summed E-state index contributed by atoms with van der Waals surface area (Å²) in [5, 5.41) is 18.4. The average molecular weight is 449 g/mol. The summed E-state index contributed by atoms with van der Waals surface area (Å²) in [6.07, 6.45) is 11.2. The number of hydrogen-bond donors (Lipinski definition) is 2. The van der Waals surface area contributed by atoms with Crippen molar-refractivity contribution in [2.24, 2.45) is 34.5 Å². The molecule has 0 spiro atoms. The van der Waals surface area contributed by atoms with Crippen molar-refractivity contribution in [3.63, 3.8) is 0 Å². The van der Waals surface area contributed by atoms with Crippen molar-refractivity contribution < 1.29 is 29.4 Å². The second-order valence-electron chi connectivity index (χ2n) is 11.1. The van der Waals surface area contributed by atoms with Gasteiger partial charge in [-0.1, -0.05) is 25.0 Å². The van der Waals surface area contributed by atoms with E-state index in [0.717, 1.165) is 51.4 Å². The number of carbonyl (C=O) groups is 4. The van der Waals surface area contributed by atoms with Gasteiger partial charge in [0.2, 0.25) is 0 Å². The molecule has 4 atom stereocenters. The predicted molar refractivity (Wildman–Crippen MR) is 122 cm³/mol. The van der Waals surface area contributed by atoms with Crippen LogP contribution in [0.4, 0.5) is 0 Å². The third-order valence-electron chi connectivity index (χ3n) is 7.63. The van der Waals surface area contributed by atoms with Crippen molar-refractivity contribution in [1.29, 1.82) is 0 Å². The molecule has 32 heavy (non-hydrogen) atoms. The fourth-order valence-corrected chi connectivity index (χ4v) is 4.95. The molecule has 0 aliphatic heterocycles. The first kappa shape index (κ1) is 26.3. The third-order valence-corrected chi connectivity index (χ3v) is 7.63. The highest BCUT2D eigenvalue weighted by molar-refractivity contribution is 5.88. The van der Waals surface area contributed by atoms with E-state index >= 15 is 0 Å². The van der Waals surface area contributed by atoms with Gasteiger partial charge in [-0.05, 0) is 79.1 Å². The molecule has 2 saturated carbocycles. The van der Waals surface area contributed by atoms with E-state index in [1.54, 1.807) is 27.7 Å². The Morgan fingerprint density at radius 3 is 1.41 bits per heavy atom. The van der Waals surface area contributed by atoms with E-state index in [1.807, 2.05) is 12.2 Å². The number of carbonyl (C=O) groups excluding carboxylic acids is 2. The van der Waals surface area contributed by atoms with Crippen LogP contribution in [0, 0.1) is 34.5 Å². The molecule has 2 fully saturated rings. The summed E-state index contributed by atoms with van der Waals surface area (Å²) in [6, 6.07) is 0. The van der Waals surface area contributed by atoms with E-state index in [-0.39, 0.29) is 35.2 Å². The molecule has 0 heterocycles. The molecule has 180 valence electrons. The van der Waals surface area contributed by atoms with Gasteiger partial charge in [0, 0.05) is 23.7 Å². The summed E-state index contributed by atoms with van der Waals surface area (Å²) in [5.74, 6) is -1.41. The van der Waals surface area contributed by atoms with Crippen molar-refractivity contribution in [3.8, 4) is 0 Å². The molecule has 4 unspecified atom stereocenters. The normalized spacial score (nSPS) is 26.9. The first-order valence-electron chi connectivity index (χ1n) is 12.1. The van der Waals surface area contributed by atoms with E-state index in [0.29, 0.717) is 12.8 Å². The highest BCUT2D eigenvalue weighted by atomic mass is 16.4. The minimum Gasteiger partial charge on any atom is -0.481 e. The molecule has 0 saturated heterocycles. The highest BCUT2D eigenvalue weighted by Gasteiger charge is 2.36. The Hall–Kier alpha value is -1.98. The van der Waals surface area contributed by atoms with Gasteiger partial charge in [0.25, 0.3) is 0 Å². The molecule has 6 heteroatoms. The van der Waals surface area contributed by atoms with Crippen LogP contribution < -0.4 is 0 Å². The largest absolute Gasteiger partial charge is 0.481 e. The molecule has 0 aromatic rings. The van der Waals surface area contributed by atoms with Crippen LogP contribution in [0.5, 0.6) is 0 Å². The maximum atomic E-state index is 12.7. The number of Topliss-reactive ketones (excluding diaryl/α,β-unsaturated/α-hetero) is 2. The van der Waals surface area contributed by atoms with Gasteiger partial charge in [-0.2, -0.15) is 0 Å². The molecular weight excluding hydrogens is 408 g/mol. The van der Waals surface area contributed by atoms with Gasteiger partial charge in [-0.3, -0.25) is 19.2 Å². The number of ketones is 2. The van der Waals surface area contributed by atoms with E-state index < -0.39 is 22.8 Å². The summed E-state index contributed by atoms with van der Waals surface area (Å²) in [6.45, 7) is 6.87. The predicted octanol–water partition coefficient (Wildman–Crippen LogP) is 5.30. The van der Waals surface area contributed by atoms with E-state index in [4.69, 9.17) is 0 Å². The molecule has 2 aliphatic carbocycles. The van der Waals surface area contributed by atoms with Crippen LogP contribution in [-0.4, -0.2) is 33.7 Å². The Morgan fingerprint density at radius 1 is 0.750 bits per heavy atom. The Bertz CT molecular complexity index is 685. The molecule has 2 rings (SSSR count). The fourth-order valence-electron chi connectivity index (χ4n) is 4.95. The monoisotopic (exact) mass is 448 g/mol. The lowest BCUT2D eigenvalue weighted by Crippen LogP contribution is -2.24. The number of carboxylic acids is 2. The molecule has 0 amide bonds. The van der Waals surface area contributed by atoms with Crippen LogP contribution >= 0.6 is 0 Å². The van der Waals surface area contributed by atoms with Crippen molar-refractivity contribution in [2.75, 3.05) is 0 Å². The summed E-state index contributed by atoms with van der Waals surface area (Å²) in [7, 11) is 0. The van der Waals surface area contributed by atoms with Crippen LogP contribution in [0.1, 0.15) is 91.9 Å². The lowest BCUT2D eigenvalue weighted by molar-refractivity contribution is -0.148. The minimum atomic E-state index is -0.804. The van der Waals surface area contributed by atoms with Crippen molar-refractivity contribution in [3.05, 3.63) is 12.2 Å². The lowest BCUT2D eigenvalue weighted by atomic mass is 9.85. The molecule has 0 aromatic heterocycles. The van der Waals surface area contributed by atoms with Crippen molar-refractivity contribution >= 4 is 23.5 Å². The standard InChI is InChI=1S/C26H40O6/c1-25(2,23(29)30)15-5-7-17-9-11-19(21(17)27)13-14-20-12-10-18(22(20)28)8-6-16-26(3,4)24(31)32/h13-14,17-20H,5-12,15-16H2,1-4H3,(H,29,30)(H,31,32). The minimum absolute atomic E-state index is 0.00105. The zero-order valence-corrected chi connectivity index (χ0v) is 20.1. The van der Waals surface area contributed by atoms with Gasteiger partial charge in [0.05, 0.1) is 10.8 Å². The Labute approximate surface area is 191 Å². The van der Waals surface area contributed by atoms with Gasteiger partial charge in [0.1, 0.15) is 11.6 Å². The number of hydrogen-bond acceptors (Lipinski definition) is 4. The quantitative estimate of drug-likeness (QED) is 0.392. The first-order chi connectivity index (χ1) is 14.8. The number of aliphatic carboxylic acids is 2. The van der Waals surface area contributed by atoms with E-state index in [1.165, 1.54) is 0 Å². The number of carboxylic acid groups (broad SMARTS) is 2. The Balaban J connectivity index is 1.77. The third kappa shape index (κ3) is 6.76. The highest BCUT2D eigenvalue weighted by Crippen LogP contribution is 2.36. The molecule has 0 radical (unpaired) electrons. The summed E-state index contributed by atoms with van der Waals surface area (Å²) < 4.78 is 0. The van der Waals surface area contributed by atoms with Gasteiger partial charge in [-0.25, -0.2) is 0 Å². The van der Waals surface area contributed by atoms with Crippen molar-refractivity contribution in [1.82, 2.24) is 0 Å². The van der Waals surface area contributed by atoms with Crippen LogP contribution in [0.2, 0.25) is 0 Å². The molecular formula is C26H40O6. The van der Waals surface area contributed by atoms with Crippen LogP contribution in [0.25, 0.3) is 0 Å². The molecule has 0 aromatic carbocycles. The average Bonchev–Trinajstić information content (AvgIpc) is 3.22. The van der Waals surface area contributed by atoms with Gasteiger partial charge in [-0.15, -0.1) is 0 Å². The van der Waals surface area contributed by atoms with Crippen LogP contribution in [0.15, 0.2) is 12.2 Å². The molecule has 2 N–H and O–H groups in total. The number of rotatable bonds is 12. The SMILES string of the molecule is CC(C)(CCCC1CCC(C=CC2CCC(CCCC(C)(C)C(=O)O)C2=O)C1=O)C(=O)O. The molecule has 6 nitrogen and oxygen atoms in total. The topological polar surface area (TPSA) is 109 Å². The van der Waals surface area contributed by atoms with Gasteiger partial charge >= 0.3 is 11.9 Å². The Morgan fingerprint density at radius 2 is 1.09 bits per heavy atom. The van der Waals surface area contributed by atoms with E-state index in [2.05, 4.69) is 0 Å². The summed E-state index contributed by atoms with van der Waals surface area (Å²) in [4.78, 5) is 47.9. The number of allylic oxidation sites excluding steroid dienone is 2. The first-order valence-corrected chi connectivity index (χ1v) is 12.1. The molecule has 2 aliphatic rings. The smallest absolute Gasteiger partial charge is 0.309 e. The van der Waals surface area contributed by atoms with Gasteiger partial charge < -0.3 is 10.2 Å². The van der Waals surface area contributed by atoms with Crippen molar-refractivity contribution in [2.45, 2.75) is 91.9 Å². The van der Waals surface area contributed by atoms with Gasteiger partial charge in [0.15, 0.2) is 0 Å². The van der Waals surface area contributed by atoms with Crippen LogP contribution in [0.3, 0.4) is 0 Å². The summed E-state index contributed by atoms with van der Waals surface area (Å²) in [5.41, 5.74) is -1.52. The maximum Gasteiger partial charge on any atom is 0.309 e. The van der Waals surface area contributed by atoms with E-state index in [9.17, 15) is 29.4 Å². The maximum absolute atomic E-state index is 12.7. The Kier molecular flexibility index (Phi) is 8.83. The second kappa shape index (κ2) is 10.8. The second-order valence-corrected chi connectivity index (χ2v) is 11.1. The zero-order valence-electron chi connectivity index (χ0n) is 20.1. The fraction of sp³-hybridized carbons (Fsp3) is 0.769.